The molecule has 0 aliphatic carbocycles. The third-order valence-electron chi connectivity index (χ3n) is 4.65. The topological polar surface area (TPSA) is 127 Å². The van der Waals surface area contributed by atoms with Gasteiger partial charge in [0.25, 0.3) is 11.6 Å². The summed E-state index contributed by atoms with van der Waals surface area (Å²) < 4.78 is 10.7. The molecule has 0 bridgehead atoms. The van der Waals surface area contributed by atoms with Crippen LogP contribution in [0.3, 0.4) is 0 Å². The number of anilines is 1. The quantitative estimate of drug-likeness (QED) is 0.449. The van der Waals surface area contributed by atoms with E-state index < -0.39 is 0 Å². The van der Waals surface area contributed by atoms with Gasteiger partial charge >= 0.3 is 0 Å². The first-order chi connectivity index (χ1) is 15.1. The lowest BCUT2D eigenvalue weighted by molar-refractivity contribution is 0.102. The first-order valence-electron chi connectivity index (χ1n) is 9.32. The number of carbonyl (C=O) groups is 1. The van der Waals surface area contributed by atoms with Crippen LogP contribution in [-0.4, -0.2) is 31.1 Å². The van der Waals surface area contributed by atoms with Crippen molar-refractivity contribution >= 4 is 22.7 Å². The third-order valence-corrected chi connectivity index (χ3v) is 4.65. The predicted molar refractivity (Wildman–Crippen MR) is 111 cm³/mol. The molecular formula is C22H15N5O4. The van der Waals surface area contributed by atoms with Gasteiger partial charge in [0.15, 0.2) is 11.6 Å². The number of phenolic OH excluding ortho intramolecular Hbond substituents is 1. The summed E-state index contributed by atoms with van der Waals surface area (Å²) in [7, 11) is 0. The molecule has 0 aliphatic heterocycles. The Morgan fingerprint density at radius 3 is 2.68 bits per heavy atom. The van der Waals surface area contributed by atoms with Crippen molar-refractivity contribution in [2.75, 3.05) is 5.32 Å². The zero-order valence-corrected chi connectivity index (χ0v) is 16.2. The molecule has 5 rings (SSSR count). The number of nitrogens with zero attached hydrogens (tertiary/aromatic N) is 4. The lowest BCUT2D eigenvalue weighted by Gasteiger charge is -2.08. The number of phenols is 1. The number of hydrogen-bond acceptors (Lipinski definition) is 8. The van der Waals surface area contributed by atoms with Crippen LogP contribution in [0.4, 0.5) is 5.69 Å². The minimum Gasteiger partial charge on any atom is -0.508 e. The van der Waals surface area contributed by atoms with Crippen LogP contribution in [0.2, 0.25) is 0 Å². The highest BCUT2D eigenvalue weighted by atomic mass is 16.5. The van der Waals surface area contributed by atoms with E-state index in [1.807, 2.05) is 0 Å². The van der Waals surface area contributed by atoms with Crippen molar-refractivity contribution in [3.63, 3.8) is 0 Å². The molecule has 0 unspecified atom stereocenters. The number of carbonyl (C=O) groups excluding carboxylic acids is 1. The van der Waals surface area contributed by atoms with E-state index in [0.717, 1.165) is 0 Å². The molecule has 4 heterocycles. The van der Waals surface area contributed by atoms with E-state index in [1.54, 1.807) is 49.4 Å². The summed E-state index contributed by atoms with van der Waals surface area (Å²) in [4.78, 5) is 26.0. The molecule has 152 valence electrons. The Kier molecular flexibility index (Phi) is 4.40. The fourth-order valence-electron chi connectivity index (χ4n) is 3.21. The molecular weight excluding hydrogens is 398 g/mol. The van der Waals surface area contributed by atoms with Crippen LogP contribution in [-0.2, 0) is 0 Å². The van der Waals surface area contributed by atoms with Crippen LogP contribution in [0, 0.1) is 6.92 Å². The maximum atomic E-state index is 13.1. The number of furan rings is 1. The highest BCUT2D eigenvalue weighted by molar-refractivity contribution is 6.12. The molecule has 4 aromatic heterocycles. The van der Waals surface area contributed by atoms with Crippen molar-refractivity contribution < 1.29 is 18.8 Å². The highest BCUT2D eigenvalue weighted by Crippen LogP contribution is 2.28. The SMILES string of the molecule is Cc1noc2nc(-c3ccco3)cc(C(=O)Nc3cnc(-c4cccc(O)c4)nc3)c12. The molecule has 2 N–H and O–H groups in total. The van der Waals surface area contributed by atoms with E-state index in [9.17, 15) is 9.90 Å². The second kappa shape index (κ2) is 7.38. The van der Waals surface area contributed by atoms with Gasteiger partial charge in [-0.15, -0.1) is 0 Å². The van der Waals surface area contributed by atoms with Gasteiger partial charge in [0.2, 0.25) is 0 Å². The Morgan fingerprint density at radius 1 is 1.10 bits per heavy atom. The molecule has 31 heavy (non-hydrogen) atoms. The molecule has 0 spiro atoms. The number of aromatic hydroxyl groups is 1. The van der Waals surface area contributed by atoms with Crippen molar-refractivity contribution in [2.45, 2.75) is 6.92 Å². The highest BCUT2D eigenvalue weighted by Gasteiger charge is 2.20. The molecule has 0 fully saturated rings. The van der Waals surface area contributed by atoms with Crippen LogP contribution in [0.15, 0.2) is 70.1 Å². The largest absolute Gasteiger partial charge is 0.508 e. The van der Waals surface area contributed by atoms with Crippen LogP contribution < -0.4 is 5.32 Å². The lowest BCUT2D eigenvalue weighted by atomic mass is 10.1. The Balaban J connectivity index is 1.47. The first kappa shape index (κ1) is 18.5. The summed E-state index contributed by atoms with van der Waals surface area (Å²) in [6, 6.07) is 11.7. The smallest absolute Gasteiger partial charge is 0.259 e. The zero-order chi connectivity index (χ0) is 21.4. The van der Waals surface area contributed by atoms with Gasteiger partial charge in [-0.1, -0.05) is 17.3 Å². The average molecular weight is 413 g/mol. The van der Waals surface area contributed by atoms with Gasteiger partial charge in [0, 0.05) is 5.56 Å². The van der Waals surface area contributed by atoms with Crippen molar-refractivity contribution in [3.05, 3.63) is 72.4 Å². The number of pyridine rings is 1. The Hall–Kier alpha value is -4.53. The van der Waals surface area contributed by atoms with Gasteiger partial charge in [0.1, 0.15) is 11.4 Å². The van der Waals surface area contributed by atoms with Crippen molar-refractivity contribution in [1.82, 2.24) is 20.1 Å². The van der Waals surface area contributed by atoms with E-state index in [4.69, 9.17) is 8.94 Å². The van der Waals surface area contributed by atoms with Crippen LogP contribution in [0.25, 0.3) is 33.9 Å². The molecule has 0 atom stereocenters. The molecule has 5 aromatic rings. The second-order valence-corrected chi connectivity index (χ2v) is 6.78. The van der Waals surface area contributed by atoms with E-state index in [-0.39, 0.29) is 17.4 Å². The Labute approximate surface area is 175 Å². The van der Waals surface area contributed by atoms with E-state index in [1.165, 1.54) is 18.7 Å². The second-order valence-electron chi connectivity index (χ2n) is 6.78. The Morgan fingerprint density at radius 2 is 1.94 bits per heavy atom. The number of nitrogens with one attached hydrogen (secondary N) is 1. The number of hydrogen-bond donors (Lipinski definition) is 2. The maximum Gasteiger partial charge on any atom is 0.259 e. The number of benzene rings is 1. The van der Waals surface area contributed by atoms with Gasteiger partial charge in [0.05, 0.1) is 41.0 Å². The first-order valence-corrected chi connectivity index (χ1v) is 9.32. The molecule has 9 nitrogen and oxygen atoms in total. The summed E-state index contributed by atoms with van der Waals surface area (Å²) in [6.45, 7) is 1.74. The van der Waals surface area contributed by atoms with Crippen LogP contribution in [0.1, 0.15) is 16.1 Å². The molecule has 0 saturated carbocycles. The number of amides is 1. The fourth-order valence-corrected chi connectivity index (χ4v) is 3.21. The number of aryl methyl sites for hydroxylation is 1. The zero-order valence-electron chi connectivity index (χ0n) is 16.2. The molecule has 1 amide bonds. The minimum absolute atomic E-state index is 0.122. The number of rotatable bonds is 4. The van der Waals surface area contributed by atoms with Crippen LogP contribution >= 0.6 is 0 Å². The fraction of sp³-hybridized carbons (Fsp3) is 0.0455. The standard InChI is InChI=1S/C22H15N5O4/c1-12-19-16(9-17(18-6-3-7-30-18)26-22(19)31-27-12)21(29)25-14-10-23-20(24-11-14)13-4-2-5-15(28)8-13/h2-11,28H,1H3,(H,25,29). The summed E-state index contributed by atoms with van der Waals surface area (Å²) in [5, 5.41) is 16.9. The Bertz CT molecular complexity index is 1390. The minimum atomic E-state index is -0.389. The summed E-state index contributed by atoms with van der Waals surface area (Å²) in [5.41, 5.74) is 2.66. The molecule has 0 radical (unpaired) electrons. The predicted octanol–water partition coefficient (Wildman–Crippen LogP) is 4.21. The average Bonchev–Trinajstić information content (AvgIpc) is 3.44. The van der Waals surface area contributed by atoms with Crippen LogP contribution in [0.5, 0.6) is 5.75 Å². The van der Waals surface area contributed by atoms with Crippen molar-refractivity contribution in [1.29, 1.82) is 0 Å². The lowest BCUT2D eigenvalue weighted by Crippen LogP contribution is -2.13. The monoisotopic (exact) mass is 413 g/mol. The van der Waals surface area contributed by atoms with Gasteiger partial charge in [-0.2, -0.15) is 0 Å². The molecule has 0 saturated heterocycles. The molecule has 1 aromatic carbocycles. The van der Waals surface area contributed by atoms with Crippen molar-refractivity contribution in [2.24, 2.45) is 0 Å². The number of fused-ring (bicyclic) bond motifs is 1. The summed E-state index contributed by atoms with van der Waals surface area (Å²) >= 11 is 0. The van der Waals surface area contributed by atoms with Gasteiger partial charge < -0.3 is 19.4 Å². The van der Waals surface area contributed by atoms with Gasteiger partial charge in [-0.05, 0) is 37.3 Å². The van der Waals surface area contributed by atoms with E-state index >= 15 is 0 Å². The molecule has 0 aliphatic rings. The summed E-state index contributed by atoms with van der Waals surface area (Å²) in [5.74, 6) is 0.663. The molecule has 9 heteroatoms. The van der Waals surface area contributed by atoms with Crippen molar-refractivity contribution in [3.8, 4) is 28.6 Å². The maximum absolute atomic E-state index is 13.1. The number of aromatic nitrogens is 4. The third kappa shape index (κ3) is 3.48. The van der Waals surface area contributed by atoms with E-state index in [0.29, 0.717) is 45.2 Å². The normalized spacial score (nSPS) is 11.0. The van der Waals surface area contributed by atoms with Gasteiger partial charge in [-0.3, -0.25) is 4.79 Å². The summed E-state index contributed by atoms with van der Waals surface area (Å²) in [6.07, 6.45) is 4.52. The van der Waals surface area contributed by atoms with E-state index in [2.05, 4.69) is 25.4 Å². The van der Waals surface area contributed by atoms with Gasteiger partial charge in [-0.25, -0.2) is 15.0 Å².